The minimum atomic E-state index is -0.695. The van der Waals surface area contributed by atoms with Crippen LogP contribution in [0.2, 0.25) is 0 Å². The van der Waals surface area contributed by atoms with Gasteiger partial charge >= 0.3 is 0 Å². The minimum Gasteiger partial charge on any atom is -0.354 e. The van der Waals surface area contributed by atoms with Gasteiger partial charge in [-0.3, -0.25) is 14.5 Å². The van der Waals surface area contributed by atoms with E-state index in [4.69, 9.17) is 0 Å². The van der Waals surface area contributed by atoms with Crippen molar-refractivity contribution in [3.8, 4) is 0 Å². The highest BCUT2D eigenvalue weighted by Gasteiger charge is 2.38. The molecule has 4 rings (SSSR count). The Morgan fingerprint density at radius 1 is 0.968 bits per heavy atom. The van der Waals surface area contributed by atoms with E-state index in [2.05, 4.69) is 42.0 Å². The van der Waals surface area contributed by atoms with Gasteiger partial charge in [-0.25, -0.2) is 4.39 Å². The van der Waals surface area contributed by atoms with Crippen LogP contribution < -0.4 is 10.2 Å². The number of carbonyl (C=O) groups excluding carboxylic acids is 2. The number of benzene rings is 3. The Labute approximate surface area is 189 Å². The molecule has 0 unspecified atom stereocenters. The normalized spacial score (nSPS) is 13.5. The summed E-state index contributed by atoms with van der Waals surface area (Å²) in [5.74, 6) is -1.92. The molecular formula is C25H22BrFN2O2. The second-order valence-corrected chi connectivity index (χ2v) is 9.56. The van der Waals surface area contributed by atoms with Gasteiger partial charge in [0.05, 0.1) is 23.5 Å². The molecule has 3 aromatic rings. The van der Waals surface area contributed by atoms with Crippen LogP contribution in [0.5, 0.6) is 0 Å². The molecular weight excluding hydrogens is 459 g/mol. The monoisotopic (exact) mass is 480 g/mol. The molecule has 0 saturated heterocycles. The molecule has 1 N–H and O–H groups in total. The number of nitrogens with zero attached hydrogens (tertiary/aromatic N) is 1. The number of fused-ring (bicyclic) bond motifs is 1. The second kappa shape index (κ2) is 7.93. The Bertz CT molecular complexity index is 1170. The lowest BCUT2D eigenvalue weighted by Gasteiger charge is -2.22. The van der Waals surface area contributed by atoms with Crippen molar-refractivity contribution in [2.45, 2.75) is 32.7 Å². The van der Waals surface area contributed by atoms with Crippen molar-refractivity contribution >= 4 is 44.7 Å². The number of nitrogens with one attached hydrogen (secondary N) is 1. The lowest BCUT2D eigenvalue weighted by Crippen LogP contribution is -2.29. The quantitative estimate of drug-likeness (QED) is 0.442. The molecule has 3 aromatic carbocycles. The molecule has 0 bridgehead atoms. The van der Waals surface area contributed by atoms with Gasteiger partial charge in [-0.15, -0.1) is 0 Å². The molecule has 0 fully saturated rings. The van der Waals surface area contributed by atoms with Crippen LogP contribution in [0, 0.1) is 5.82 Å². The smallest absolute Gasteiger partial charge is 0.299 e. The van der Waals surface area contributed by atoms with Crippen molar-refractivity contribution in [2.24, 2.45) is 0 Å². The van der Waals surface area contributed by atoms with E-state index in [1.807, 2.05) is 48.5 Å². The summed E-state index contributed by atoms with van der Waals surface area (Å²) in [7, 11) is 0. The lowest BCUT2D eigenvalue weighted by molar-refractivity contribution is -0.114. The van der Waals surface area contributed by atoms with Crippen LogP contribution in [0.25, 0.3) is 0 Å². The van der Waals surface area contributed by atoms with Gasteiger partial charge in [0, 0.05) is 10.2 Å². The Morgan fingerprint density at radius 2 is 1.61 bits per heavy atom. The molecule has 6 heteroatoms. The first-order valence-corrected chi connectivity index (χ1v) is 10.7. The molecule has 0 spiro atoms. The van der Waals surface area contributed by atoms with Crippen molar-refractivity contribution in [1.82, 2.24) is 0 Å². The van der Waals surface area contributed by atoms with Crippen LogP contribution in [0.15, 0.2) is 65.1 Å². The Balaban J connectivity index is 1.71. The molecule has 4 nitrogen and oxygen atoms in total. The molecule has 0 aliphatic carbocycles. The van der Waals surface area contributed by atoms with E-state index in [0.29, 0.717) is 11.4 Å². The summed E-state index contributed by atoms with van der Waals surface area (Å²) in [6, 6.07) is 17.8. The van der Waals surface area contributed by atoms with E-state index in [1.165, 1.54) is 16.5 Å². The third-order valence-electron chi connectivity index (χ3n) is 5.31. The average Bonchev–Trinajstić information content (AvgIpc) is 2.94. The van der Waals surface area contributed by atoms with E-state index < -0.39 is 17.5 Å². The predicted octanol–water partition coefficient (Wildman–Crippen LogP) is 6.36. The summed E-state index contributed by atoms with van der Waals surface area (Å²) < 4.78 is 15.2. The molecule has 0 atom stereocenters. The number of hydrogen-bond acceptors (Lipinski definition) is 3. The van der Waals surface area contributed by atoms with Gasteiger partial charge < -0.3 is 5.32 Å². The van der Waals surface area contributed by atoms with Crippen molar-refractivity contribution in [1.29, 1.82) is 0 Å². The highest BCUT2D eigenvalue weighted by Crippen LogP contribution is 2.39. The summed E-state index contributed by atoms with van der Waals surface area (Å²) in [4.78, 5) is 26.8. The number of rotatable bonds is 4. The molecule has 0 aromatic heterocycles. The first kappa shape index (κ1) is 21.2. The fourth-order valence-electron chi connectivity index (χ4n) is 3.63. The maximum atomic E-state index is 14.3. The van der Waals surface area contributed by atoms with Crippen molar-refractivity contribution in [2.75, 3.05) is 10.2 Å². The van der Waals surface area contributed by atoms with Crippen molar-refractivity contribution < 1.29 is 14.0 Å². The fraction of sp³-hybridized carbons (Fsp3) is 0.200. The summed E-state index contributed by atoms with van der Waals surface area (Å²) >= 11 is 3.39. The molecule has 1 heterocycles. The predicted molar refractivity (Wildman–Crippen MR) is 124 cm³/mol. The summed E-state index contributed by atoms with van der Waals surface area (Å²) in [5.41, 5.74) is 3.67. The maximum Gasteiger partial charge on any atom is 0.299 e. The number of Topliss-reactive ketones (excluding diaryl/α,β-unsaturated/α-hetero) is 1. The first-order valence-electron chi connectivity index (χ1n) is 9.95. The molecule has 1 aliphatic heterocycles. The summed E-state index contributed by atoms with van der Waals surface area (Å²) in [5, 5.41) is 3.15. The topological polar surface area (TPSA) is 49.4 Å². The Hall–Kier alpha value is -2.99. The second-order valence-electron chi connectivity index (χ2n) is 8.65. The maximum absolute atomic E-state index is 14.3. The van der Waals surface area contributed by atoms with Crippen LogP contribution in [-0.2, 0) is 16.8 Å². The number of carbonyl (C=O) groups is 2. The number of hydrogen-bond donors (Lipinski definition) is 1. The van der Waals surface area contributed by atoms with Crippen LogP contribution in [0.1, 0.15) is 42.3 Å². The van der Waals surface area contributed by atoms with E-state index in [9.17, 15) is 14.0 Å². The number of ketones is 1. The zero-order valence-electron chi connectivity index (χ0n) is 17.5. The Morgan fingerprint density at radius 3 is 2.23 bits per heavy atom. The molecule has 158 valence electrons. The van der Waals surface area contributed by atoms with Gasteiger partial charge in [0.2, 0.25) is 0 Å². The highest BCUT2D eigenvalue weighted by atomic mass is 79.9. The first-order chi connectivity index (χ1) is 14.6. The molecule has 31 heavy (non-hydrogen) atoms. The van der Waals surface area contributed by atoms with Gasteiger partial charge in [0.15, 0.2) is 0 Å². The lowest BCUT2D eigenvalue weighted by atomic mass is 9.87. The minimum absolute atomic E-state index is 0.0177. The molecule has 1 aliphatic rings. The van der Waals surface area contributed by atoms with E-state index in [0.717, 1.165) is 21.8 Å². The van der Waals surface area contributed by atoms with Gasteiger partial charge in [-0.2, -0.15) is 0 Å². The Kier molecular flexibility index (Phi) is 5.43. The van der Waals surface area contributed by atoms with Gasteiger partial charge in [0.1, 0.15) is 5.82 Å². The molecule has 0 radical (unpaired) electrons. The van der Waals surface area contributed by atoms with Crippen molar-refractivity contribution in [3.05, 3.63) is 87.6 Å². The summed E-state index contributed by atoms with van der Waals surface area (Å²) in [6.07, 6.45) is 0. The van der Waals surface area contributed by atoms with Crippen LogP contribution >= 0.6 is 15.9 Å². The van der Waals surface area contributed by atoms with Crippen LogP contribution in [-0.4, -0.2) is 11.7 Å². The largest absolute Gasteiger partial charge is 0.354 e. The van der Waals surface area contributed by atoms with Gasteiger partial charge in [-0.05, 0) is 52.9 Å². The SMILES string of the molecule is CC(C)(C)c1ccc(CN2C(=O)C(=O)c3cc(F)cc(Nc4ccc(Br)cc4)c32)cc1. The van der Waals surface area contributed by atoms with E-state index >= 15 is 0 Å². The molecule has 0 saturated carbocycles. The zero-order chi connectivity index (χ0) is 22.3. The van der Waals surface area contributed by atoms with Gasteiger partial charge in [0.25, 0.3) is 11.7 Å². The molecule has 1 amide bonds. The number of anilines is 3. The third kappa shape index (κ3) is 4.26. The van der Waals surface area contributed by atoms with Crippen LogP contribution in [0.4, 0.5) is 21.5 Å². The van der Waals surface area contributed by atoms with E-state index in [1.54, 1.807) is 0 Å². The van der Waals surface area contributed by atoms with Crippen LogP contribution in [0.3, 0.4) is 0 Å². The van der Waals surface area contributed by atoms with E-state index in [-0.39, 0.29) is 17.5 Å². The zero-order valence-corrected chi connectivity index (χ0v) is 19.1. The van der Waals surface area contributed by atoms with Crippen molar-refractivity contribution in [3.63, 3.8) is 0 Å². The highest BCUT2D eigenvalue weighted by molar-refractivity contribution is 9.10. The third-order valence-corrected chi connectivity index (χ3v) is 5.84. The average molecular weight is 481 g/mol. The number of amides is 1. The fourth-order valence-corrected chi connectivity index (χ4v) is 3.89. The number of halogens is 2. The standard InChI is InChI=1S/C25H22BrFN2O2/c1-25(2,3)16-6-4-15(5-7-16)14-29-22-20(23(30)24(29)31)12-18(27)13-21(22)28-19-10-8-17(26)9-11-19/h4-13,28H,14H2,1-3H3. The van der Waals surface area contributed by atoms with Gasteiger partial charge in [-0.1, -0.05) is 61.0 Å². The summed E-state index contributed by atoms with van der Waals surface area (Å²) in [6.45, 7) is 6.63.